The number of carbonyl (C=O) groups excluding carboxylic acids is 1. The molecule has 0 radical (unpaired) electrons. The highest BCUT2D eigenvalue weighted by Crippen LogP contribution is 2.37. The quantitative estimate of drug-likeness (QED) is 0.266. The number of rotatable bonds is 8. The van der Waals surface area contributed by atoms with Crippen molar-refractivity contribution in [2.24, 2.45) is 5.92 Å². The van der Waals surface area contributed by atoms with Crippen molar-refractivity contribution in [2.45, 2.75) is 77.6 Å². The average molecular weight is 415 g/mol. The zero-order valence-corrected chi connectivity index (χ0v) is 18.3. The van der Waals surface area contributed by atoms with Crippen LogP contribution in [-0.4, -0.2) is 15.9 Å². The third-order valence-corrected chi connectivity index (χ3v) is 6.20. The molecule has 1 fully saturated rings. The minimum Gasteiger partial charge on any atom is -0.425 e. The minimum absolute atomic E-state index is 0.305. The Bertz CT molecular complexity index is 799. The normalized spacial score (nSPS) is 19.1. The Morgan fingerprint density at radius 3 is 2.45 bits per heavy atom. The molecule has 0 aliphatic heterocycles. The lowest BCUT2D eigenvalue weighted by atomic mass is 9.77. The lowest BCUT2D eigenvalue weighted by Gasteiger charge is -2.28. The topological polar surface area (TPSA) is 52.1 Å². The summed E-state index contributed by atoms with van der Waals surface area (Å²) in [7, 11) is 0. The van der Waals surface area contributed by atoms with Gasteiger partial charge in [0.2, 0.25) is 0 Å². The van der Waals surface area contributed by atoms with Gasteiger partial charge in [0.05, 0.1) is 5.02 Å². The van der Waals surface area contributed by atoms with Gasteiger partial charge in [-0.05, 0) is 61.3 Å². The van der Waals surface area contributed by atoms with Crippen molar-refractivity contribution in [3.63, 3.8) is 0 Å². The van der Waals surface area contributed by atoms with Gasteiger partial charge < -0.3 is 4.74 Å². The molecule has 0 saturated heterocycles. The lowest BCUT2D eigenvalue weighted by Crippen LogP contribution is -2.14. The Morgan fingerprint density at radius 1 is 1.10 bits per heavy atom. The van der Waals surface area contributed by atoms with E-state index < -0.39 is 0 Å². The number of ether oxygens (including phenoxy) is 1. The highest BCUT2D eigenvalue weighted by molar-refractivity contribution is 6.32. The summed E-state index contributed by atoms with van der Waals surface area (Å²) in [6.45, 7) is 4.02. The molecular formula is C24H31ClN2O2. The third kappa shape index (κ3) is 6.02. The second-order valence-corrected chi connectivity index (χ2v) is 8.43. The van der Waals surface area contributed by atoms with E-state index in [0.717, 1.165) is 11.5 Å². The number of halogens is 1. The van der Waals surface area contributed by atoms with Gasteiger partial charge in [0.15, 0.2) is 5.82 Å². The van der Waals surface area contributed by atoms with E-state index in [2.05, 4.69) is 16.9 Å². The smallest absolute Gasteiger partial charge is 0.310 e. The summed E-state index contributed by atoms with van der Waals surface area (Å²) in [5, 5.41) is 0.387. The zero-order valence-electron chi connectivity index (χ0n) is 17.5. The molecule has 5 heteroatoms. The van der Waals surface area contributed by atoms with Gasteiger partial charge in [-0.1, -0.05) is 51.1 Å². The van der Waals surface area contributed by atoms with Gasteiger partial charge in [0.1, 0.15) is 5.75 Å². The number of hydrogen-bond acceptors (Lipinski definition) is 4. The number of esters is 1. The molecule has 1 aliphatic carbocycles. The Morgan fingerprint density at radius 2 is 1.83 bits per heavy atom. The number of unbranched alkanes of at least 4 members (excludes halogenated alkanes) is 2. The number of carbonyl (C=O) groups is 1. The van der Waals surface area contributed by atoms with Crippen molar-refractivity contribution in [3.8, 4) is 17.1 Å². The second kappa shape index (κ2) is 10.7. The summed E-state index contributed by atoms with van der Waals surface area (Å²) in [5.41, 5.74) is 2.05. The molecule has 0 unspecified atom stereocenters. The first kappa shape index (κ1) is 21.8. The standard InChI is InChI=1S/C24H31ClN2O2/c1-3-5-6-7-17-8-10-18(11-9-17)20-15-26-24(27-16-20)19-12-13-22(21(25)14-19)29-23(28)4-2/h12-18H,3-11H2,1-2H3. The van der Waals surface area contributed by atoms with Crippen LogP contribution < -0.4 is 4.74 Å². The van der Waals surface area contributed by atoms with Crippen molar-refractivity contribution in [3.05, 3.63) is 41.2 Å². The van der Waals surface area contributed by atoms with Crippen LogP contribution in [0.4, 0.5) is 0 Å². The first-order valence-electron chi connectivity index (χ1n) is 10.9. The molecule has 0 atom stereocenters. The van der Waals surface area contributed by atoms with Gasteiger partial charge in [-0.2, -0.15) is 0 Å². The molecule has 1 heterocycles. The lowest BCUT2D eigenvalue weighted by molar-refractivity contribution is -0.134. The molecule has 1 aromatic carbocycles. The summed E-state index contributed by atoms with van der Waals surface area (Å²) in [6, 6.07) is 5.28. The van der Waals surface area contributed by atoms with Gasteiger partial charge in [-0.15, -0.1) is 0 Å². The number of benzene rings is 1. The van der Waals surface area contributed by atoms with Crippen LogP contribution in [0.15, 0.2) is 30.6 Å². The molecule has 0 bridgehead atoms. The van der Waals surface area contributed by atoms with E-state index in [1.54, 1.807) is 19.1 Å². The van der Waals surface area contributed by atoms with Crippen LogP contribution in [0.25, 0.3) is 11.4 Å². The molecule has 0 spiro atoms. The van der Waals surface area contributed by atoms with Crippen molar-refractivity contribution in [1.82, 2.24) is 9.97 Å². The molecule has 0 amide bonds. The molecule has 1 aliphatic rings. The molecule has 156 valence electrons. The van der Waals surface area contributed by atoms with E-state index in [9.17, 15) is 4.79 Å². The fraction of sp³-hybridized carbons (Fsp3) is 0.542. The molecule has 4 nitrogen and oxygen atoms in total. The van der Waals surface area contributed by atoms with Crippen LogP contribution in [0.2, 0.25) is 5.02 Å². The summed E-state index contributed by atoms with van der Waals surface area (Å²) in [4.78, 5) is 20.6. The molecular weight excluding hydrogens is 384 g/mol. The zero-order chi connectivity index (χ0) is 20.6. The molecule has 2 aromatic rings. The number of nitrogens with zero attached hydrogens (tertiary/aromatic N) is 2. The fourth-order valence-electron chi connectivity index (χ4n) is 4.08. The molecule has 1 aromatic heterocycles. The van der Waals surface area contributed by atoms with E-state index >= 15 is 0 Å². The van der Waals surface area contributed by atoms with Gasteiger partial charge in [-0.3, -0.25) is 4.79 Å². The van der Waals surface area contributed by atoms with Crippen LogP contribution in [-0.2, 0) is 4.79 Å². The van der Waals surface area contributed by atoms with Crippen LogP contribution in [0.3, 0.4) is 0 Å². The van der Waals surface area contributed by atoms with Crippen molar-refractivity contribution in [1.29, 1.82) is 0 Å². The van der Waals surface area contributed by atoms with E-state index in [4.69, 9.17) is 16.3 Å². The molecule has 0 N–H and O–H groups in total. The van der Waals surface area contributed by atoms with Gasteiger partial charge in [0, 0.05) is 24.4 Å². The van der Waals surface area contributed by atoms with E-state index in [1.807, 2.05) is 18.5 Å². The Balaban J connectivity index is 1.59. The monoisotopic (exact) mass is 414 g/mol. The van der Waals surface area contributed by atoms with Crippen LogP contribution in [0.5, 0.6) is 5.75 Å². The first-order chi connectivity index (χ1) is 14.1. The summed E-state index contributed by atoms with van der Waals surface area (Å²) in [5.74, 6) is 2.18. The van der Waals surface area contributed by atoms with Crippen LogP contribution in [0, 0.1) is 5.92 Å². The maximum Gasteiger partial charge on any atom is 0.310 e. The third-order valence-electron chi connectivity index (χ3n) is 5.91. The molecule has 3 rings (SSSR count). The van der Waals surface area contributed by atoms with Gasteiger partial charge >= 0.3 is 5.97 Å². The number of hydrogen-bond donors (Lipinski definition) is 0. The highest BCUT2D eigenvalue weighted by atomic mass is 35.5. The molecule has 1 saturated carbocycles. The van der Waals surface area contributed by atoms with Crippen LogP contribution in [0.1, 0.15) is 83.1 Å². The van der Waals surface area contributed by atoms with E-state index in [-0.39, 0.29) is 5.97 Å². The summed E-state index contributed by atoms with van der Waals surface area (Å²) in [6.07, 6.45) is 14.8. The fourth-order valence-corrected chi connectivity index (χ4v) is 4.30. The predicted octanol–water partition coefficient (Wildman–Crippen LogP) is 6.97. The van der Waals surface area contributed by atoms with Crippen molar-refractivity contribution >= 4 is 17.6 Å². The Labute approximate surface area is 179 Å². The largest absolute Gasteiger partial charge is 0.425 e. The van der Waals surface area contributed by atoms with Crippen LogP contribution >= 0.6 is 11.6 Å². The maximum atomic E-state index is 11.5. The summed E-state index contributed by atoms with van der Waals surface area (Å²) < 4.78 is 5.21. The van der Waals surface area contributed by atoms with E-state index in [0.29, 0.717) is 28.9 Å². The van der Waals surface area contributed by atoms with Crippen molar-refractivity contribution < 1.29 is 9.53 Å². The molecule has 29 heavy (non-hydrogen) atoms. The Kier molecular flexibility index (Phi) is 8.05. The highest BCUT2D eigenvalue weighted by Gasteiger charge is 2.22. The predicted molar refractivity (Wildman–Crippen MR) is 117 cm³/mol. The maximum absolute atomic E-state index is 11.5. The number of aromatic nitrogens is 2. The SMILES string of the molecule is CCCCCC1CCC(c2cnc(-c3ccc(OC(=O)CC)c(Cl)c3)nc2)CC1. The second-order valence-electron chi connectivity index (χ2n) is 8.03. The van der Waals surface area contributed by atoms with Crippen molar-refractivity contribution in [2.75, 3.05) is 0 Å². The average Bonchev–Trinajstić information content (AvgIpc) is 2.76. The van der Waals surface area contributed by atoms with Gasteiger partial charge in [-0.25, -0.2) is 9.97 Å². The summed E-state index contributed by atoms with van der Waals surface area (Å²) >= 11 is 6.26. The minimum atomic E-state index is -0.305. The van der Waals surface area contributed by atoms with E-state index in [1.165, 1.54) is 56.9 Å². The first-order valence-corrected chi connectivity index (χ1v) is 11.3. The Hall–Kier alpha value is -1.94. The van der Waals surface area contributed by atoms with Gasteiger partial charge in [0.25, 0.3) is 0 Å².